The number of thioether (sulfide) groups is 1. The van der Waals surface area contributed by atoms with Gasteiger partial charge in [0.15, 0.2) is 0 Å². The molecule has 0 spiro atoms. The zero-order valence-corrected chi connectivity index (χ0v) is 17.9. The largest absolute Gasteiger partial charge is 1.00 e. The molecule has 0 heterocycles. The topological polar surface area (TPSA) is 66.4 Å². The molecule has 0 rings (SSSR count). The van der Waals surface area contributed by atoms with Crippen LogP contribution in [0.1, 0.15) is 77.6 Å². The van der Waals surface area contributed by atoms with E-state index in [0.717, 1.165) is 19.3 Å². The first kappa shape index (κ1) is 25.5. The van der Waals surface area contributed by atoms with E-state index in [9.17, 15) is 14.7 Å². The van der Waals surface area contributed by atoms with Gasteiger partial charge >= 0.3 is 35.5 Å². The smallest absolute Gasteiger partial charge is 0.546 e. The first-order valence-corrected chi connectivity index (χ1v) is 9.90. The van der Waals surface area contributed by atoms with Crippen molar-refractivity contribution in [3.8, 4) is 0 Å². The van der Waals surface area contributed by atoms with Crippen molar-refractivity contribution in [3.63, 3.8) is 0 Å². The molecule has 0 saturated carbocycles. The maximum absolute atomic E-state index is 11.6. The molecule has 0 aliphatic heterocycles. The number of carboxylic acids is 1. The summed E-state index contributed by atoms with van der Waals surface area (Å²) < 4.78 is 4.97. The molecule has 0 saturated heterocycles. The van der Waals surface area contributed by atoms with E-state index >= 15 is 0 Å². The molecule has 0 bridgehead atoms. The van der Waals surface area contributed by atoms with E-state index in [2.05, 4.69) is 6.92 Å². The fraction of sp³-hybridized carbons (Fsp3) is 0.882. The van der Waals surface area contributed by atoms with Crippen molar-refractivity contribution in [1.29, 1.82) is 0 Å². The van der Waals surface area contributed by atoms with Crippen molar-refractivity contribution in [1.82, 2.24) is 0 Å². The summed E-state index contributed by atoms with van der Waals surface area (Å²) in [4.78, 5) is 22.5. The Kier molecular flexibility index (Phi) is 20.7. The molecule has 0 radical (unpaired) electrons. The van der Waals surface area contributed by atoms with Gasteiger partial charge in [0.2, 0.25) is 0 Å². The van der Waals surface area contributed by atoms with E-state index < -0.39 is 18.0 Å². The number of unbranched alkanes of at least 4 members (excludes halogenated alkanes) is 8. The van der Waals surface area contributed by atoms with E-state index in [1.165, 1.54) is 50.3 Å². The van der Waals surface area contributed by atoms with Gasteiger partial charge < -0.3 is 14.6 Å². The Morgan fingerprint density at radius 1 is 1.00 bits per heavy atom. The van der Waals surface area contributed by atoms with E-state index in [1.807, 2.05) is 6.26 Å². The second kappa shape index (κ2) is 18.6. The Morgan fingerprint density at radius 2 is 1.52 bits per heavy atom. The number of carbonyl (C=O) groups excluding carboxylic acids is 2. The number of aliphatic carboxylic acids is 1. The average Bonchev–Trinajstić information content (AvgIpc) is 2.49. The van der Waals surface area contributed by atoms with Crippen LogP contribution < -0.4 is 34.7 Å². The van der Waals surface area contributed by atoms with Gasteiger partial charge in [0.25, 0.3) is 0 Å². The molecule has 130 valence electrons. The Hall–Kier alpha value is 0.290. The summed E-state index contributed by atoms with van der Waals surface area (Å²) in [6.45, 7) is 2.21. The Labute approximate surface area is 167 Å². The molecular formula is C17H31NaO4S. The maximum atomic E-state index is 11.6. The molecule has 6 heteroatoms. The molecule has 0 N–H and O–H groups in total. The molecule has 0 aromatic rings. The number of hydrogen-bond donors (Lipinski definition) is 0. The van der Waals surface area contributed by atoms with Crippen LogP contribution in [0.2, 0.25) is 0 Å². The third kappa shape index (κ3) is 16.9. The van der Waals surface area contributed by atoms with Crippen LogP contribution in [0.5, 0.6) is 0 Å². The van der Waals surface area contributed by atoms with E-state index in [4.69, 9.17) is 4.74 Å². The van der Waals surface area contributed by atoms with E-state index in [1.54, 1.807) is 0 Å². The van der Waals surface area contributed by atoms with Crippen molar-refractivity contribution in [2.45, 2.75) is 83.7 Å². The van der Waals surface area contributed by atoms with Crippen LogP contribution in [0, 0.1) is 0 Å². The number of esters is 1. The zero-order valence-electron chi connectivity index (χ0n) is 15.1. The first-order chi connectivity index (χ1) is 10.6. The van der Waals surface area contributed by atoms with Crippen LogP contribution in [0.3, 0.4) is 0 Å². The van der Waals surface area contributed by atoms with Crippen molar-refractivity contribution >= 4 is 23.7 Å². The molecule has 0 fully saturated rings. The van der Waals surface area contributed by atoms with Gasteiger partial charge in [-0.25, -0.2) is 0 Å². The number of carbonyl (C=O) groups is 2. The molecule has 4 nitrogen and oxygen atoms in total. The molecule has 0 amide bonds. The second-order valence-electron chi connectivity index (χ2n) is 5.66. The third-order valence-electron chi connectivity index (χ3n) is 3.61. The predicted octanol–water partition coefficient (Wildman–Crippen LogP) is 0.326. The molecule has 1 atom stereocenters. The molecule has 1 unspecified atom stereocenters. The third-order valence-corrected chi connectivity index (χ3v) is 4.25. The molecular weight excluding hydrogens is 323 g/mol. The second-order valence-corrected chi connectivity index (χ2v) is 6.64. The van der Waals surface area contributed by atoms with Gasteiger partial charge in [-0.05, 0) is 24.9 Å². The van der Waals surface area contributed by atoms with Crippen LogP contribution in [0.4, 0.5) is 0 Å². The quantitative estimate of drug-likeness (QED) is 0.241. The summed E-state index contributed by atoms with van der Waals surface area (Å²) in [6.07, 6.45) is 12.0. The van der Waals surface area contributed by atoms with Gasteiger partial charge in [0, 0.05) is 6.42 Å². The summed E-state index contributed by atoms with van der Waals surface area (Å²) in [7, 11) is 0. The summed E-state index contributed by atoms with van der Waals surface area (Å²) >= 11 is 1.53. The van der Waals surface area contributed by atoms with Gasteiger partial charge in [-0.3, -0.25) is 4.79 Å². The van der Waals surface area contributed by atoms with Crippen molar-refractivity contribution in [2.75, 3.05) is 12.0 Å². The van der Waals surface area contributed by atoms with Crippen molar-refractivity contribution in [2.24, 2.45) is 0 Å². The molecule has 0 aliphatic carbocycles. The maximum Gasteiger partial charge on any atom is 1.00 e. The minimum atomic E-state index is -1.30. The van der Waals surface area contributed by atoms with Crippen LogP contribution in [0.25, 0.3) is 0 Å². The summed E-state index contributed by atoms with van der Waals surface area (Å²) in [5, 5.41) is 10.9. The van der Waals surface area contributed by atoms with Crippen molar-refractivity contribution in [3.05, 3.63) is 0 Å². The SMILES string of the molecule is CCCCCCCCCCCC(=O)OC(CCSC)C(=O)[O-].[Na+]. The molecule has 23 heavy (non-hydrogen) atoms. The summed E-state index contributed by atoms with van der Waals surface area (Å²) in [6, 6.07) is 0. The van der Waals surface area contributed by atoms with Gasteiger partial charge in [-0.1, -0.05) is 58.3 Å². The molecule has 0 aromatic carbocycles. The minimum absolute atomic E-state index is 0. The van der Waals surface area contributed by atoms with Gasteiger partial charge in [-0.15, -0.1) is 0 Å². The number of ether oxygens (including phenoxy) is 1. The normalized spacial score (nSPS) is 11.6. The van der Waals surface area contributed by atoms with E-state index in [-0.39, 0.29) is 29.6 Å². The van der Waals surface area contributed by atoms with Crippen LogP contribution in [-0.2, 0) is 14.3 Å². The first-order valence-electron chi connectivity index (χ1n) is 8.51. The molecule has 0 aliphatic rings. The Balaban J connectivity index is 0. The van der Waals surface area contributed by atoms with Crippen LogP contribution >= 0.6 is 11.8 Å². The van der Waals surface area contributed by atoms with Crippen molar-refractivity contribution < 1.29 is 49.0 Å². The Bertz CT molecular complexity index is 300. The number of rotatable bonds is 15. The fourth-order valence-corrected chi connectivity index (χ4v) is 2.70. The number of carboxylic acid groups (broad SMARTS) is 1. The fourth-order valence-electron chi connectivity index (χ4n) is 2.25. The summed E-state index contributed by atoms with van der Waals surface area (Å²) in [5.41, 5.74) is 0. The van der Waals surface area contributed by atoms with E-state index in [0.29, 0.717) is 18.6 Å². The Morgan fingerprint density at radius 3 is 2.00 bits per heavy atom. The number of hydrogen-bond acceptors (Lipinski definition) is 5. The van der Waals surface area contributed by atoms with Gasteiger partial charge in [0.1, 0.15) is 6.10 Å². The average molecular weight is 354 g/mol. The van der Waals surface area contributed by atoms with Gasteiger partial charge in [-0.2, -0.15) is 11.8 Å². The minimum Gasteiger partial charge on any atom is -0.546 e. The predicted molar refractivity (Wildman–Crippen MR) is 89.7 cm³/mol. The zero-order chi connectivity index (χ0) is 16.6. The van der Waals surface area contributed by atoms with Gasteiger partial charge in [0.05, 0.1) is 5.97 Å². The monoisotopic (exact) mass is 354 g/mol. The summed E-state index contributed by atoms with van der Waals surface area (Å²) in [5.74, 6) is -1.07. The standard InChI is InChI=1S/C17H32O4S.Na/c1-3-4-5-6-7-8-9-10-11-12-16(18)21-15(17(19)20)13-14-22-2;/h15H,3-14H2,1-2H3,(H,19,20);/q;+1/p-1. The van der Waals surface area contributed by atoms with Crippen LogP contribution in [-0.4, -0.2) is 30.1 Å². The molecule has 0 aromatic heterocycles. The van der Waals surface area contributed by atoms with Crippen LogP contribution in [0.15, 0.2) is 0 Å².